The summed E-state index contributed by atoms with van der Waals surface area (Å²) in [5.74, 6) is 2.62. The molecule has 43 heavy (non-hydrogen) atoms. The van der Waals surface area contributed by atoms with Crippen molar-refractivity contribution in [3.05, 3.63) is 120 Å². The average molecular weight is 579 g/mol. The molecule has 1 aliphatic heterocycles. The number of aromatic nitrogens is 2. The van der Waals surface area contributed by atoms with E-state index in [9.17, 15) is 0 Å². The molecule has 0 saturated heterocycles. The van der Waals surface area contributed by atoms with E-state index >= 15 is 0 Å². The van der Waals surface area contributed by atoms with Crippen molar-refractivity contribution >= 4 is 24.5 Å². The molecular weight excluding hydrogens is 541 g/mol. The number of imidazole rings is 1. The van der Waals surface area contributed by atoms with Crippen LogP contribution in [0, 0.1) is 0 Å². The van der Waals surface area contributed by atoms with Crippen molar-refractivity contribution in [1.82, 2.24) is 9.55 Å². The fourth-order valence-corrected chi connectivity index (χ4v) is 8.79. The summed E-state index contributed by atoms with van der Waals surface area (Å²) in [6.45, 7) is 13.8. The molecule has 214 valence electrons. The van der Waals surface area contributed by atoms with Crippen LogP contribution in [0.4, 0.5) is 0 Å². The highest BCUT2D eigenvalue weighted by Crippen LogP contribution is 2.41. The van der Waals surface area contributed by atoms with Gasteiger partial charge in [0.05, 0.1) is 16.7 Å². The van der Waals surface area contributed by atoms with E-state index in [4.69, 9.17) is 9.41 Å². The molecule has 0 spiro atoms. The maximum Gasteiger partial charge on any atom is 0.277 e. The monoisotopic (exact) mass is 578 g/mol. The van der Waals surface area contributed by atoms with Gasteiger partial charge >= 0.3 is 0 Å². The number of hydrogen-bond donors (Lipinski definition) is 0. The molecule has 0 saturated carbocycles. The third-order valence-corrected chi connectivity index (χ3v) is 11.2. The average Bonchev–Trinajstić information content (AvgIpc) is 3.39. The van der Waals surface area contributed by atoms with Crippen LogP contribution in [-0.4, -0.2) is 17.9 Å². The van der Waals surface area contributed by atoms with Crippen LogP contribution in [0.15, 0.2) is 109 Å². The Kier molecular flexibility index (Phi) is 6.63. The summed E-state index contributed by atoms with van der Waals surface area (Å²) < 4.78 is 9.11. The van der Waals surface area contributed by atoms with Crippen molar-refractivity contribution in [2.75, 3.05) is 0 Å². The molecule has 0 atom stereocenters. The second kappa shape index (κ2) is 10.4. The molecule has 0 unspecified atom stereocenters. The largest absolute Gasteiger partial charge is 0.539 e. The van der Waals surface area contributed by atoms with Gasteiger partial charge in [0.1, 0.15) is 11.6 Å². The van der Waals surface area contributed by atoms with Crippen LogP contribution in [0.5, 0.6) is 5.75 Å². The maximum atomic E-state index is 6.68. The lowest BCUT2D eigenvalue weighted by molar-refractivity contribution is 0.563. The highest BCUT2D eigenvalue weighted by molar-refractivity contribution is 6.86. The molecule has 0 bridgehead atoms. The van der Waals surface area contributed by atoms with E-state index in [0.717, 1.165) is 28.2 Å². The first-order valence-corrected chi connectivity index (χ1v) is 18.3. The van der Waals surface area contributed by atoms with Gasteiger partial charge in [-0.2, -0.15) is 0 Å². The van der Waals surface area contributed by atoms with Gasteiger partial charge in [-0.1, -0.05) is 100 Å². The van der Waals surface area contributed by atoms with Crippen LogP contribution in [-0.2, 0) is 0 Å². The van der Waals surface area contributed by atoms with Gasteiger partial charge in [-0.3, -0.25) is 4.57 Å². The van der Waals surface area contributed by atoms with Crippen LogP contribution in [0.25, 0.3) is 50.4 Å². The summed E-state index contributed by atoms with van der Waals surface area (Å²) in [7, 11) is -2.20. The smallest absolute Gasteiger partial charge is 0.277 e. The fraction of sp³-hybridized carbons (Fsp3) is 0.205. The van der Waals surface area contributed by atoms with Gasteiger partial charge in [-0.05, 0) is 94.3 Å². The molecule has 4 heteroatoms. The Morgan fingerprint density at radius 2 is 1.28 bits per heavy atom. The molecule has 0 fully saturated rings. The molecule has 7 rings (SSSR count). The Morgan fingerprint density at radius 1 is 0.628 bits per heavy atom. The topological polar surface area (TPSA) is 27.1 Å². The molecule has 0 radical (unpaired) electrons. The van der Waals surface area contributed by atoms with E-state index in [1.54, 1.807) is 0 Å². The molecule has 1 aromatic heterocycles. The minimum absolute atomic E-state index is 0.324. The summed E-state index contributed by atoms with van der Waals surface area (Å²) in [6, 6.07) is 39.4. The minimum atomic E-state index is -2.20. The Bertz CT molecular complexity index is 1960. The zero-order valence-corrected chi connectivity index (χ0v) is 26.8. The van der Waals surface area contributed by atoms with Crippen molar-refractivity contribution in [2.45, 2.75) is 52.6 Å². The number of para-hydroxylation sites is 3. The number of fused-ring (bicyclic) bond motifs is 4. The van der Waals surface area contributed by atoms with Gasteiger partial charge in [-0.15, -0.1) is 0 Å². The lowest BCUT2D eigenvalue weighted by Crippen LogP contribution is -2.50. The summed E-state index contributed by atoms with van der Waals surface area (Å²) in [5, 5.41) is 1.31. The van der Waals surface area contributed by atoms with Crippen molar-refractivity contribution in [1.29, 1.82) is 0 Å². The summed E-state index contributed by atoms with van der Waals surface area (Å²) >= 11 is 0. The van der Waals surface area contributed by atoms with Crippen molar-refractivity contribution in [3.63, 3.8) is 0 Å². The summed E-state index contributed by atoms with van der Waals surface area (Å²) in [4.78, 5) is 5.32. The summed E-state index contributed by atoms with van der Waals surface area (Å²) in [6.07, 6.45) is 0. The lowest BCUT2D eigenvalue weighted by atomic mass is 9.88. The molecule has 0 N–H and O–H groups in total. The number of nitrogens with zero attached hydrogens (tertiary/aromatic N) is 2. The molecule has 2 heterocycles. The summed E-state index contributed by atoms with van der Waals surface area (Å²) in [5.41, 5.74) is 12.1. The number of rotatable bonds is 5. The predicted octanol–water partition coefficient (Wildman–Crippen LogP) is 10.1. The van der Waals surface area contributed by atoms with Crippen LogP contribution >= 0.6 is 0 Å². The third-order valence-electron chi connectivity index (χ3n) is 8.77. The molecule has 5 aromatic carbocycles. The van der Waals surface area contributed by atoms with E-state index in [-0.39, 0.29) is 0 Å². The maximum absolute atomic E-state index is 6.68. The fourth-order valence-electron chi connectivity index (χ4n) is 6.59. The molecule has 3 nitrogen and oxygen atoms in total. The normalized spacial score (nSPS) is 13.7. The van der Waals surface area contributed by atoms with E-state index in [1.165, 1.54) is 44.3 Å². The minimum Gasteiger partial charge on any atom is -0.539 e. The first-order valence-electron chi connectivity index (χ1n) is 15.4. The van der Waals surface area contributed by atoms with Crippen LogP contribution < -0.4 is 9.61 Å². The Labute approximate surface area is 256 Å². The molecule has 6 aromatic rings. The van der Waals surface area contributed by atoms with Gasteiger partial charge in [0.25, 0.3) is 8.32 Å². The first-order chi connectivity index (χ1) is 20.7. The van der Waals surface area contributed by atoms with Crippen LogP contribution in [0.1, 0.15) is 50.7 Å². The van der Waals surface area contributed by atoms with Crippen molar-refractivity contribution < 1.29 is 4.43 Å². The zero-order chi connectivity index (χ0) is 29.9. The van der Waals surface area contributed by atoms with Gasteiger partial charge in [-0.25, -0.2) is 4.98 Å². The van der Waals surface area contributed by atoms with Gasteiger partial charge in [0.2, 0.25) is 0 Å². The van der Waals surface area contributed by atoms with Gasteiger partial charge < -0.3 is 4.43 Å². The standard InChI is InChI=1S/C39H38N2OSi/c1-25(2)32-22-29(27-14-8-7-9-15-27)23-33(26(3)4)38(32)41-35-18-12-11-17-34(35)40-39(41)28-20-21-31-30-16-10-13-19-36(30)42-43(5,6)37(31)24-28/h7-26H,1-6H3. The quantitative estimate of drug-likeness (QED) is 0.190. The molecule has 1 aliphatic rings. The Hall–Kier alpha value is -4.41. The highest BCUT2D eigenvalue weighted by Gasteiger charge is 2.36. The number of hydrogen-bond acceptors (Lipinski definition) is 2. The molecule has 0 amide bonds. The van der Waals surface area contributed by atoms with Crippen LogP contribution in [0.2, 0.25) is 13.1 Å². The van der Waals surface area contributed by atoms with Gasteiger partial charge in [0, 0.05) is 11.1 Å². The van der Waals surface area contributed by atoms with E-state index in [1.807, 2.05) is 0 Å². The molecule has 0 aliphatic carbocycles. The second-order valence-electron chi connectivity index (χ2n) is 12.8. The predicted molar refractivity (Wildman–Crippen MR) is 183 cm³/mol. The van der Waals surface area contributed by atoms with Crippen molar-refractivity contribution in [3.8, 4) is 45.1 Å². The second-order valence-corrected chi connectivity index (χ2v) is 16.6. The zero-order valence-electron chi connectivity index (χ0n) is 25.8. The number of benzene rings is 5. The van der Waals surface area contributed by atoms with Gasteiger partial charge in [0.15, 0.2) is 0 Å². The van der Waals surface area contributed by atoms with E-state index in [0.29, 0.717) is 11.8 Å². The van der Waals surface area contributed by atoms with Crippen molar-refractivity contribution in [2.24, 2.45) is 0 Å². The molecular formula is C39H38N2OSi. The SMILES string of the molecule is CC(C)c1cc(-c2ccccc2)cc(C(C)C)c1-n1c(-c2ccc3c(c2)[Si](C)(C)Oc2ccccc2-3)nc2ccccc21. The van der Waals surface area contributed by atoms with E-state index < -0.39 is 8.32 Å². The third kappa shape index (κ3) is 4.61. The Balaban J connectivity index is 1.52. The Morgan fingerprint density at radius 3 is 2.00 bits per heavy atom. The first kappa shape index (κ1) is 27.4. The highest BCUT2D eigenvalue weighted by atomic mass is 28.4. The lowest BCUT2D eigenvalue weighted by Gasteiger charge is -2.33. The van der Waals surface area contributed by atoms with E-state index in [2.05, 4.69) is 155 Å². The van der Waals surface area contributed by atoms with Crippen LogP contribution in [0.3, 0.4) is 0 Å².